The third kappa shape index (κ3) is 45.4. The van der Waals surface area contributed by atoms with Crippen LogP contribution in [0.25, 0.3) is 0 Å². The molecule has 0 bridgehead atoms. The molecule has 59 heavy (non-hydrogen) atoms. The van der Waals surface area contributed by atoms with E-state index in [0.717, 1.165) is 64.2 Å². The second kappa shape index (κ2) is 48.7. The van der Waals surface area contributed by atoms with Gasteiger partial charge in [-0.25, -0.2) is 0 Å². The summed E-state index contributed by atoms with van der Waals surface area (Å²) in [4.78, 5) is 24.4. The maximum absolute atomic E-state index is 12.4. The third-order valence-corrected chi connectivity index (χ3v) is 11.6. The number of hydrogen-bond donors (Lipinski definition) is 3. The molecule has 0 aromatic heterocycles. The van der Waals surface area contributed by atoms with E-state index in [2.05, 4.69) is 43.5 Å². The van der Waals surface area contributed by atoms with E-state index in [1.165, 1.54) is 173 Å². The van der Waals surface area contributed by atoms with Gasteiger partial charge >= 0.3 is 5.97 Å². The normalized spacial score (nSPS) is 12.9. The Hall–Kier alpha value is -1.92. The van der Waals surface area contributed by atoms with Crippen molar-refractivity contribution < 1.29 is 24.5 Å². The Balaban J connectivity index is 3.52. The summed E-state index contributed by atoms with van der Waals surface area (Å²) in [7, 11) is 0. The molecule has 6 nitrogen and oxygen atoms in total. The van der Waals surface area contributed by atoms with Gasteiger partial charge in [0.2, 0.25) is 5.91 Å². The van der Waals surface area contributed by atoms with Crippen molar-refractivity contribution in [3.63, 3.8) is 0 Å². The number of hydrogen-bond acceptors (Lipinski definition) is 5. The first-order valence-electron chi connectivity index (χ1n) is 25.8. The number of aliphatic hydroxyl groups excluding tert-OH is 2. The van der Waals surface area contributed by atoms with Gasteiger partial charge in [-0.3, -0.25) is 9.59 Å². The second-order valence-electron chi connectivity index (χ2n) is 17.5. The topological polar surface area (TPSA) is 95.9 Å². The van der Waals surface area contributed by atoms with Crippen molar-refractivity contribution in [2.45, 2.75) is 276 Å². The first-order chi connectivity index (χ1) is 29.0. The molecule has 346 valence electrons. The number of ether oxygens (including phenoxy) is 1. The SMILES string of the molecule is CCCC/C=C\CCCCCCCC(=O)OCCCCCCCCC/C=C\CCCCCCCC(=O)NC(CO)C(O)/C=C/CCCCCCCCCCCCCCC. The number of rotatable bonds is 47. The van der Waals surface area contributed by atoms with Crippen LogP contribution < -0.4 is 5.32 Å². The highest BCUT2D eigenvalue weighted by Crippen LogP contribution is 2.15. The molecule has 0 aliphatic heterocycles. The fourth-order valence-corrected chi connectivity index (χ4v) is 7.61. The molecule has 0 saturated heterocycles. The Bertz CT molecular complexity index is 962. The van der Waals surface area contributed by atoms with Crippen molar-refractivity contribution in [3.8, 4) is 0 Å². The first kappa shape index (κ1) is 57.1. The molecule has 3 N–H and O–H groups in total. The van der Waals surface area contributed by atoms with Crippen LogP contribution in [0.15, 0.2) is 36.5 Å². The van der Waals surface area contributed by atoms with Crippen LogP contribution in [0.1, 0.15) is 264 Å². The van der Waals surface area contributed by atoms with E-state index >= 15 is 0 Å². The van der Waals surface area contributed by atoms with Crippen molar-refractivity contribution >= 4 is 11.9 Å². The highest BCUT2D eigenvalue weighted by Gasteiger charge is 2.18. The van der Waals surface area contributed by atoms with Crippen LogP contribution in [-0.2, 0) is 14.3 Å². The largest absolute Gasteiger partial charge is 0.466 e. The van der Waals surface area contributed by atoms with Gasteiger partial charge in [-0.15, -0.1) is 0 Å². The molecule has 0 radical (unpaired) electrons. The van der Waals surface area contributed by atoms with E-state index in [-0.39, 0.29) is 18.5 Å². The molecule has 0 rings (SSSR count). The minimum absolute atomic E-state index is 0.0156. The van der Waals surface area contributed by atoms with Gasteiger partial charge in [0.25, 0.3) is 0 Å². The van der Waals surface area contributed by atoms with Crippen molar-refractivity contribution in [2.24, 2.45) is 0 Å². The molecule has 0 spiro atoms. The number of carbonyl (C=O) groups excluding carboxylic acids is 2. The van der Waals surface area contributed by atoms with E-state index < -0.39 is 12.1 Å². The number of amides is 1. The lowest BCUT2D eigenvalue weighted by atomic mass is 10.0. The monoisotopic (exact) mass is 830 g/mol. The smallest absolute Gasteiger partial charge is 0.305 e. The van der Waals surface area contributed by atoms with E-state index in [1.54, 1.807) is 6.08 Å². The molecular weight excluding hydrogens is 731 g/mol. The molecule has 0 aliphatic rings. The fourth-order valence-electron chi connectivity index (χ4n) is 7.61. The molecule has 0 aromatic carbocycles. The summed E-state index contributed by atoms with van der Waals surface area (Å²) in [5.74, 6) is -0.101. The lowest BCUT2D eigenvalue weighted by molar-refractivity contribution is -0.143. The van der Waals surface area contributed by atoms with E-state index in [9.17, 15) is 19.8 Å². The number of aliphatic hydroxyl groups is 2. The Labute approximate surface area is 366 Å². The van der Waals surface area contributed by atoms with Crippen LogP contribution in [0.3, 0.4) is 0 Å². The van der Waals surface area contributed by atoms with Gasteiger partial charge in [0, 0.05) is 12.8 Å². The maximum atomic E-state index is 12.4. The van der Waals surface area contributed by atoms with Crippen LogP contribution in [0.2, 0.25) is 0 Å². The van der Waals surface area contributed by atoms with Crippen LogP contribution in [0.5, 0.6) is 0 Å². The zero-order chi connectivity index (χ0) is 43.0. The standard InChI is InChI=1S/C53H99NO5/c1-3-5-7-9-11-13-15-16-19-22-26-29-33-37-41-45-51(56)50(49-55)54-52(57)46-42-38-34-30-27-23-20-17-18-21-24-28-32-36-40-44-48-59-53(58)47-43-39-35-31-25-14-12-10-8-6-4-2/h10,12,17,20,41,45,50-51,55-56H,3-9,11,13-16,18-19,21-40,42-44,46-49H2,1-2H3,(H,54,57)/b12-10-,20-17-,45-41+. The highest BCUT2D eigenvalue weighted by atomic mass is 16.5. The summed E-state index contributed by atoms with van der Waals surface area (Å²) in [6, 6.07) is -0.640. The Morgan fingerprint density at radius 3 is 1.25 bits per heavy atom. The molecule has 2 atom stereocenters. The van der Waals surface area contributed by atoms with Crippen molar-refractivity contribution in [3.05, 3.63) is 36.5 Å². The summed E-state index contributed by atoms with van der Waals surface area (Å²) in [5, 5.41) is 23.0. The highest BCUT2D eigenvalue weighted by molar-refractivity contribution is 5.76. The number of nitrogens with one attached hydrogen (secondary N) is 1. The minimum Gasteiger partial charge on any atom is -0.466 e. The summed E-state index contributed by atoms with van der Waals surface area (Å²) < 4.78 is 5.44. The summed E-state index contributed by atoms with van der Waals surface area (Å²) in [5.41, 5.74) is 0. The number of unbranched alkanes of at least 4 members (excludes halogenated alkanes) is 32. The van der Waals surface area contributed by atoms with Crippen LogP contribution in [-0.4, -0.2) is 47.4 Å². The Kier molecular flexibility index (Phi) is 47.2. The number of carbonyl (C=O) groups is 2. The summed E-state index contributed by atoms with van der Waals surface area (Å²) >= 11 is 0. The van der Waals surface area contributed by atoms with Gasteiger partial charge in [0.15, 0.2) is 0 Å². The van der Waals surface area contributed by atoms with Gasteiger partial charge in [0.1, 0.15) is 0 Å². The molecule has 0 saturated carbocycles. The fraction of sp³-hybridized carbons (Fsp3) is 0.849. The van der Waals surface area contributed by atoms with E-state index in [1.807, 2.05) is 6.08 Å². The molecule has 0 aliphatic carbocycles. The Morgan fingerprint density at radius 2 is 0.814 bits per heavy atom. The van der Waals surface area contributed by atoms with Gasteiger partial charge in [-0.2, -0.15) is 0 Å². The van der Waals surface area contributed by atoms with E-state index in [0.29, 0.717) is 19.4 Å². The van der Waals surface area contributed by atoms with E-state index in [4.69, 9.17) is 4.74 Å². The zero-order valence-electron chi connectivity index (χ0n) is 39.2. The quantitative estimate of drug-likeness (QED) is 0.0323. The average molecular weight is 830 g/mol. The van der Waals surface area contributed by atoms with Crippen LogP contribution in [0, 0.1) is 0 Å². The van der Waals surface area contributed by atoms with Gasteiger partial charge in [0.05, 0.1) is 25.4 Å². The van der Waals surface area contributed by atoms with Crippen LogP contribution in [0.4, 0.5) is 0 Å². The van der Waals surface area contributed by atoms with Crippen molar-refractivity contribution in [1.82, 2.24) is 5.32 Å². The number of esters is 1. The van der Waals surface area contributed by atoms with Crippen molar-refractivity contribution in [2.75, 3.05) is 13.2 Å². The molecule has 1 amide bonds. The van der Waals surface area contributed by atoms with Gasteiger partial charge in [-0.1, -0.05) is 211 Å². The lowest BCUT2D eigenvalue weighted by Crippen LogP contribution is -2.45. The molecule has 0 fully saturated rings. The Morgan fingerprint density at radius 1 is 0.458 bits per heavy atom. The lowest BCUT2D eigenvalue weighted by Gasteiger charge is -2.20. The minimum atomic E-state index is -0.855. The third-order valence-electron chi connectivity index (χ3n) is 11.6. The van der Waals surface area contributed by atoms with Crippen molar-refractivity contribution in [1.29, 1.82) is 0 Å². The zero-order valence-corrected chi connectivity index (χ0v) is 39.2. The summed E-state index contributed by atoms with van der Waals surface area (Å²) in [6.07, 6.45) is 58.6. The maximum Gasteiger partial charge on any atom is 0.305 e. The molecule has 0 aromatic rings. The predicted octanol–water partition coefficient (Wildman–Crippen LogP) is 15.3. The first-order valence-corrected chi connectivity index (χ1v) is 25.8. The average Bonchev–Trinajstić information content (AvgIpc) is 3.24. The van der Waals surface area contributed by atoms with Gasteiger partial charge in [-0.05, 0) is 77.0 Å². The summed E-state index contributed by atoms with van der Waals surface area (Å²) in [6.45, 7) is 4.83. The second-order valence-corrected chi connectivity index (χ2v) is 17.5. The van der Waals surface area contributed by atoms with Crippen LogP contribution >= 0.6 is 0 Å². The molecule has 6 heteroatoms. The molecule has 2 unspecified atom stereocenters. The number of allylic oxidation sites excluding steroid dienone is 5. The molecular formula is C53H99NO5. The molecule has 0 heterocycles. The van der Waals surface area contributed by atoms with Gasteiger partial charge < -0.3 is 20.3 Å². The predicted molar refractivity (Wildman–Crippen MR) is 255 cm³/mol.